The number of carbonyl (C=O) groups excluding carboxylic acids is 2. The molecule has 3 amide bonds. The molecule has 1 aromatic heterocycles. The van der Waals surface area contributed by atoms with Crippen molar-refractivity contribution in [1.29, 1.82) is 5.26 Å². The highest BCUT2D eigenvalue weighted by molar-refractivity contribution is 7.22. The molecule has 1 aliphatic rings. The second-order valence-electron chi connectivity index (χ2n) is 7.85. The molecule has 1 aliphatic heterocycles. The highest BCUT2D eigenvalue weighted by Gasteiger charge is 2.36. The number of fused-ring (bicyclic) bond motifs is 1. The van der Waals surface area contributed by atoms with E-state index in [9.17, 15) is 14.9 Å². The highest BCUT2D eigenvalue weighted by atomic mass is 32.1. The van der Waals surface area contributed by atoms with Gasteiger partial charge in [0, 0.05) is 19.6 Å². The van der Waals surface area contributed by atoms with Gasteiger partial charge >= 0.3 is 6.03 Å². The SMILES string of the molecule is COc1ccc(CNC(=O)N(CC#N)N2CC(=O)N[C@@H]2CNCc2cccc3sc(N)nc23)cc1. The first-order chi connectivity index (χ1) is 17.0. The average molecular weight is 495 g/mol. The molecule has 1 atom stereocenters. The molecule has 35 heavy (non-hydrogen) atoms. The van der Waals surface area contributed by atoms with Crippen molar-refractivity contribution < 1.29 is 14.3 Å². The van der Waals surface area contributed by atoms with E-state index in [4.69, 9.17) is 10.5 Å². The first-order valence-electron chi connectivity index (χ1n) is 10.9. The zero-order valence-electron chi connectivity index (χ0n) is 19.2. The summed E-state index contributed by atoms with van der Waals surface area (Å²) in [5, 5.41) is 21.6. The van der Waals surface area contributed by atoms with Gasteiger partial charge in [-0.2, -0.15) is 10.3 Å². The van der Waals surface area contributed by atoms with E-state index in [2.05, 4.69) is 20.9 Å². The smallest absolute Gasteiger partial charge is 0.333 e. The number of anilines is 1. The van der Waals surface area contributed by atoms with Crippen LogP contribution in [0.1, 0.15) is 11.1 Å². The van der Waals surface area contributed by atoms with E-state index in [0.29, 0.717) is 18.2 Å². The number of hydrogen-bond acceptors (Lipinski definition) is 9. The van der Waals surface area contributed by atoms with E-state index in [1.807, 2.05) is 36.4 Å². The summed E-state index contributed by atoms with van der Waals surface area (Å²) in [5.74, 6) is 0.495. The minimum atomic E-state index is -0.498. The minimum absolute atomic E-state index is 0.0256. The van der Waals surface area contributed by atoms with Crippen molar-refractivity contribution in [2.75, 3.05) is 32.5 Å². The van der Waals surface area contributed by atoms with Crippen LogP contribution in [0.3, 0.4) is 0 Å². The normalized spacial score (nSPS) is 15.5. The summed E-state index contributed by atoms with van der Waals surface area (Å²) in [4.78, 5) is 29.5. The van der Waals surface area contributed by atoms with Gasteiger partial charge in [-0.15, -0.1) is 0 Å². The molecule has 0 bridgehead atoms. The number of nitrogens with two attached hydrogens (primary N) is 1. The van der Waals surface area contributed by atoms with Crippen molar-refractivity contribution in [1.82, 2.24) is 31.0 Å². The minimum Gasteiger partial charge on any atom is -0.497 e. The lowest BCUT2D eigenvalue weighted by atomic mass is 10.2. The zero-order chi connectivity index (χ0) is 24.8. The Morgan fingerprint density at radius 3 is 2.89 bits per heavy atom. The third-order valence-corrected chi connectivity index (χ3v) is 6.38. The number of thiazole rings is 1. The molecule has 3 aromatic rings. The topological polar surface area (TPSA) is 149 Å². The molecule has 2 heterocycles. The lowest BCUT2D eigenvalue weighted by Gasteiger charge is -2.33. The summed E-state index contributed by atoms with van der Waals surface area (Å²) in [7, 11) is 1.59. The van der Waals surface area contributed by atoms with Crippen molar-refractivity contribution in [3.8, 4) is 11.8 Å². The number of rotatable bonds is 9. The number of nitrogens with zero attached hydrogens (tertiary/aromatic N) is 4. The number of nitrogen functional groups attached to an aromatic ring is 1. The van der Waals surface area contributed by atoms with Crippen molar-refractivity contribution in [2.24, 2.45) is 0 Å². The number of nitriles is 1. The predicted octanol–water partition coefficient (Wildman–Crippen LogP) is 1.38. The van der Waals surface area contributed by atoms with Gasteiger partial charge in [-0.05, 0) is 29.3 Å². The molecule has 4 rings (SSSR count). The third-order valence-electron chi connectivity index (χ3n) is 5.53. The molecule has 2 aromatic carbocycles. The molecule has 0 unspecified atom stereocenters. The Labute approximate surface area is 206 Å². The predicted molar refractivity (Wildman–Crippen MR) is 132 cm³/mol. The fraction of sp³-hybridized carbons (Fsp3) is 0.304. The fourth-order valence-electron chi connectivity index (χ4n) is 3.84. The molecule has 12 heteroatoms. The van der Waals surface area contributed by atoms with Crippen LogP contribution >= 0.6 is 11.3 Å². The number of hydrazine groups is 1. The van der Waals surface area contributed by atoms with Crippen LogP contribution in [0.5, 0.6) is 5.75 Å². The molecule has 5 N–H and O–H groups in total. The van der Waals surface area contributed by atoms with E-state index >= 15 is 0 Å². The molecular weight excluding hydrogens is 468 g/mol. The van der Waals surface area contributed by atoms with Gasteiger partial charge in [-0.3, -0.25) is 4.79 Å². The molecular formula is C23H26N8O3S. The maximum atomic E-state index is 12.9. The van der Waals surface area contributed by atoms with Gasteiger partial charge in [-0.1, -0.05) is 35.6 Å². The lowest BCUT2D eigenvalue weighted by molar-refractivity contribution is -0.119. The molecule has 0 saturated carbocycles. The van der Waals surface area contributed by atoms with E-state index in [-0.39, 0.29) is 25.5 Å². The monoisotopic (exact) mass is 494 g/mol. The van der Waals surface area contributed by atoms with Crippen molar-refractivity contribution in [3.63, 3.8) is 0 Å². The van der Waals surface area contributed by atoms with Gasteiger partial charge in [0.1, 0.15) is 18.5 Å². The molecule has 0 aliphatic carbocycles. The summed E-state index contributed by atoms with van der Waals surface area (Å²) in [6, 6.07) is 14.7. The number of methoxy groups -OCH3 is 1. The quantitative estimate of drug-likeness (QED) is 0.326. The van der Waals surface area contributed by atoms with Gasteiger partial charge in [0.05, 0.1) is 29.9 Å². The van der Waals surface area contributed by atoms with Gasteiger partial charge in [0.25, 0.3) is 0 Å². The number of para-hydroxylation sites is 1. The Bertz CT molecular complexity index is 1240. The highest BCUT2D eigenvalue weighted by Crippen LogP contribution is 2.26. The maximum absolute atomic E-state index is 12.9. The Morgan fingerprint density at radius 2 is 2.14 bits per heavy atom. The summed E-state index contributed by atoms with van der Waals surface area (Å²) < 4.78 is 6.15. The summed E-state index contributed by atoms with van der Waals surface area (Å²) in [6.45, 7) is 0.904. The number of amides is 3. The molecule has 1 fully saturated rings. The van der Waals surface area contributed by atoms with Crippen LogP contribution in [-0.2, 0) is 17.9 Å². The largest absolute Gasteiger partial charge is 0.497 e. The Kier molecular flexibility index (Phi) is 7.61. The summed E-state index contributed by atoms with van der Waals surface area (Å²) in [5.41, 5.74) is 8.55. The number of hydrogen-bond donors (Lipinski definition) is 4. The van der Waals surface area contributed by atoms with Crippen LogP contribution in [0.2, 0.25) is 0 Å². The van der Waals surface area contributed by atoms with E-state index in [0.717, 1.165) is 27.1 Å². The van der Waals surface area contributed by atoms with Crippen LogP contribution in [0, 0.1) is 11.3 Å². The van der Waals surface area contributed by atoms with Crippen molar-refractivity contribution >= 4 is 38.6 Å². The summed E-state index contributed by atoms with van der Waals surface area (Å²) in [6.07, 6.45) is -0.498. The van der Waals surface area contributed by atoms with Gasteiger partial charge in [0.15, 0.2) is 5.13 Å². The third kappa shape index (κ3) is 5.78. The lowest BCUT2D eigenvalue weighted by Crippen LogP contribution is -2.56. The number of aromatic nitrogens is 1. The molecule has 1 saturated heterocycles. The molecule has 182 valence electrons. The average Bonchev–Trinajstić information content (AvgIpc) is 3.42. The Morgan fingerprint density at radius 1 is 1.34 bits per heavy atom. The number of carbonyl (C=O) groups is 2. The molecule has 0 spiro atoms. The van der Waals surface area contributed by atoms with E-state index < -0.39 is 12.2 Å². The zero-order valence-corrected chi connectivity index (χ0v) is 20.0. The summed E-state index contributed by atoms with van der Waals surface area (Å²) >= 11 is 1.43. The number of ether oxygens (including phenoxy) is 1. The van der Waals surface area contributed by atoms with E-state index in [1.54, 1.807) is 24.3 Å². The van der Waals surface area contributed by atoms with E-state index in [1.165, 1.54) is 16.3 Å². The van der Waals surface area contributed by atoms with Crippen LogP contribution in [0.15, 0.2) is 42.5 Å². The Balaban J connectivity index is 1.38. The number of benzene rings is 2. The first-order valence-corrected chi connectivity index (χ1v) is 11.8. The van der Waals surface area contributed by atoms with Gasteiger partial charge in [-0.25, -0.2) is 14.8 Å². The second-order valence-corrected chi connectivity index (χ2v) is 8.91. The van der Waals surface area contributed by atoms with Gasteiger partial charge < -0.3 is 26.4 Å². The standard InChI is InChI=1S/C23H26N8O3S/c1-34-17-7-5-15(6-8-17)11-27-23(33)30(10-9-24)31-14-20(32)28-19(31)13-26-12-16-3-2-4-18-21(16)29-22(25)35-18/h2-8,19,26H,10-14H2,1H3,(H2,25,29)(H,27,33)(H,28,32)/t19-/m0/s1. The van der Waals surface area contributed by atoms with Crippen LogP contribution in [0.4, 0.5) is 9.93 Å². The first kappa shape index (κ1) is 24.2. The second kappa shape index (κ2) is 11.0. The molecule has 0 radical (unpaired) electrons. The Hall–Kier alpha value is -3.92. The fourth-order valence-corrected chi connectivity index (χ4v) is 4.62. The van der Waals surface area contributed by atoms with Crippen molar-refractivity contribution in [2.45, 2.75) is 19.3 Å². The maximum Gasteiger partial charge on any atom is 0.333 e. The number of nitrogens with one attached hydrogen (secondary N) is 3. The van der Waals surface area contributed by atoms with Crippen LogP contribution in [-0.4, -0.2) is 59.8 Å². The van der Waals surface area contributed by atoms with Crippen LogP contribution < -0.4 is 26.4 Å². The van der Waals surface area contributed by atoms with Crippen LogP contribution in [0.25, 0.3) is 10.2 Å². The van der Waals surface area contributed by atoms with Crippen molar-refractivity contribution in [3.05, 3.63) is 53.6 Å². The number of urea groups is 1. The van der Waals surface area contributed by atoms with Gasteiger partial charge in [0.2, 0.25) is 5.91 Å². The molecule has 11 nitrogen and oxygen atoms in total.